The Kier molecular flexibility index (Phi) is 6.79. The molecular weight excluding hydrogens is 453 g/mol. The van der Waals surface area contributed by atoms with E-state index < -0.39 is 18.6 Å². The van der Waals surface area contributed by atoms with Gasteiger partial charge in [-0.2, -0.15) is 17.6 Å². The Morgan fingerprint density at radius 3 is 2.50 bits per heavy atom. The smallest absolute Gasteiger partial charge is 0.428 e. The van der Waals surface area contributed by atoms with E-state index in [2.05, 4.69) is 4.74 Å². The molecule has 0 saturated heterocycles. The number of β-amino-alcohol motifs (C(OH)–C–C–N with tert-alkyl or cyclic N) is 1. The quantitative estimate of drug-likeness (QED) is 0.389. The molecule has 0 spiro atoms. The van der Waals surface area contributed by atoms with Crippen molar-refractivity contribution >= 4 is 5.69 Å². The van der Waals surface area contributed by atoms with E-state index in [1.807, 2.05) is 29.2 Å². The molecule has 0 saturated carbocycles. The average Bonchev–Trinajstić information content (AvgIpc) is 2.78. The highest BCUT2D eigenvalue weighted by atomic mass is 19.3. The van der Waals surface area contributed by atoms with Crippen molar-refractivity contribution in [3.63, 3.8) is 0 Å². The fourth-order valence-corrected chi connectivity index (χ4v) is 4.48. The summed E-state index contributed by atoms with van der Waals surface area (Å²) >= 11 is 0. The number of nitrogens with zero attached hydrogens (tertiary/aromatic N) is 1. The van der Waals surface area contributed by atoms with E-state index in [0.717, 1.165) is 22.4 Å². The standard InChI is InChI=1S/C26H24F5NO2/c1-16(33)15-32-23(18-6-3-8-20(14-18)34-26(30,31)25(28)29)12-11-22-21(9-4-10-24(22)32)17-5-2-7-19(27)13-17/h2-10,13-14,16,23,25,33H,11-12,15H2,1H3. The van der Waals surface area contributed by atoms with Crippen molar-refractivity contribution in [2.75, 3.05) is 11.4 Å². The van der Waals surface area contributed by atoms with Gasteiger partial charge in [0, 0.05) is 12.2 Å². The molecule has 1 N–H and O–H groups in total. The van der Waals surface area contributed by atoms with Crippen LogP contribution in [0.4, 0.5) is 27.6 Å². The van der Waals surface area contributed by atoms with Crippen molar-refractivity contribution in [3.05, 3.63) is 83.7 Å². The van der Waals surface area contributed by atoms with Crippen molar-refractivity contribution in [2.24, 2.45) is 0 Å². The average molecular weight is 477 g/mol. The predicted molar refractivity (Wildman–Crippen MR) is 120 cm³/mol. The molecule has 1 heterocycles. The van der Waals surface area contributed by atoms with E-state index in [4.69, 9.17) is 0 Å². The zero-order chi connectivity index (χ0) is 24.5. The number of fused-ring (bicyclic) bond motifs is 1. The molecule has 2 unspecified atom stereocenters. The fourth-order valence-electron chi connectivity index (χ4n) is 4.48. The van der Waals surface area contributed by atoms with Gasteiger partial charge in [-0.25, -0.2) is 4.39 Å². The number of hydrogen-bond donors (Lipinski definition) is 1. The number of anilines is 1. The lowest BCUT2D eigenvalue weighted by atomic mass is 9.86. The topological polar surface area (TPSA) is 32.7 Å². The largest absolute Gasteiger partial charge is 0.461 e. The minimum absolute atomic E-state index is 0.253. The van der Waals surface area contributed by atoms with Gasteiger partial charge in [0.15, 0.2) is 0 Å². The summed E-state index contributed by atoms with van der Waals surface area (Å²) in [6, 6.07) is 17.4. The second-order valence-corrected chi connectivity index (χ2v) is 8.41. The van der Waals surface area contributed by atoms with Crippen LogP contribution in [0.25, 0.3) is 11.1 Å². The van der Waals surface area contributed by atoms with Gasteiger partial charge < -0.3 is 14.7 Å². The molecule has 8 heteroatoms. The molecule has 0 bridgehead atoms. The second kappa shape index (κ2) is 9.62. The van der Waals surface area contributed by atoms with Gasteiger partial charge in [-0.15, -0.1) is 0 Å². The van der Waals surface area contributed by atoms with Gasteiger partial charge in [0.1, 0.15) is 11.6 Å². The van der Waals surface area contributed by atoms with Crippen LogP contribution in [-0.2, 0) is 6.42 Å². The fraction of sp³-hybridized carbons (Fsp3) is 0.308. The van der Waals surface area contributed by atoms with Gasteiger partial charge in [-0.3, -0.25) is 0 Å². The van der Waals surface area contributed by atoms with Gasteiger partial charge in [0.05, 0.1) is 12.1 Å². The van der Waals surface area contributed by atoms with Crippen LogP contribution in [0.15, 0.2) is 66.7 Å². The first-order chi connectivity index (χ1) is 16.2. The summed E-state index contributed by atoms with van der Waals surface area (Å²) in [5, 5.41) is 10.2. The molecule has 0 aromatic heterocycles. The van der Waals surface area contributed by atoms with Crippen LogP contribution in [0.2, 0.25) is 0 Å². The Bertz CT molecular complexity index is 1150. The highest BCUT2D eigenvalue weighted by molar-refractivity contribution is 5.76. The summed E-state index contributed by atoms with van der Waals surface area (Å²) in [4.78, 5) is 1.97. The van der Waals surface area contributed by atoms with Crippen molar-refractivity contribution < 1.29 is 31.8 Å². The number of hydrogen-bond acceptors (Lipinski definition) is 3. The number of rotatable bonds is 7. The van der Waals surface area contributed by atoms with E-state index in [0.29, 0.717) is 18.4 Å². The van der Waals surface area contributed by atoms with Crippen LogP contribution in [0, 0.1) is 5.82 Å². The molecule has 0 amide bonds. The summed E-state index contributed by atoms with van der Waals surface area (Å²) in [5.74, 6) is -0.707. The predicted octanol–water partition coefficient (Wildman–Crippen LogP) is 6.60. The van der Waals surface area contributed by atoms with Gasteiger partial charge in [0.2, 0.25) is 0 Å². The van der Waals surface area contributed by atoms with Crippen LogP contribution >= 0.6 is 0 Å². The Morgan fingerprint density at radius 2 is 1.79 bits per heavy atom. The summed E-state index contributed by atoms with van der Waals surface area (Å²) in [6.45, 7) is 1.90. The minimum Gasteiger partial charge on any atom is -0.428 e. The normalized spacial score (nSPS) is 16.9. The van der Waals surface area contributed by atoms with Gasteiger partial charge >= 0.3 is 12.5 Å². The molecule has 1 aliphatic heterocycles. The third-order valence-corrected chi connectivity index (χ3v) is 5.85. The number of ether oxygens (including phenoxy) is 1. The number of halogens is 5. The Labute approximate surface area is 194 Å². The monoisotopic (exact) mass is 477 g/mol. The van der Waals surface area contributed by atoms with E-state index in [1.165, 1.54) is 30.3 Å². The number of aliphatic hydroxyl groups is 1. The number of benzene rings is 3. The maximum Gasteiger partial charge on any atom is 0.461 e. The first kappa shape index (κ1) is 24.0. The van der Waals surface area contributed by atoms with Crippen molar-refractivity contribution in [1.82, 2.24) is 0 Å². The third-order valence-electron chi connectivity index (χ3n) is 5.85. The molecule has 3 aromatic carbocycles. The van der Waals surface area contributed by atoms with Gasteiger partial charge in [-0.1, -0.05) is 36.4 Å². The zero-order valence-corrected chi connectivity index (χ0v) is 18.4. The van der Waals surface area contributed by atoms with Crippen LogP contribution in [0.5, 0.6) is 5.75 Å². The van der Waals surface area contributed by atoms with E-state index >= 15 is 0 Å². The Morgan fingerprint density at radius 1 is 1.06 bits per heavy atom. The Balaban J connectivity index is 1.72. The lowest BCUT2D eigenvalue weighted by molar-refractivity contribution is -0.253. The molecule has 3 aromatic rings. The number of aliphatic hydroxyl groups excluding tert-OH is 1. The summed E-state index contributed by atoms with van der Waals surface area (Å²) in [6.07, 6.45) is -8.07. The van der Waals surface area contributed by atoms with Crippen LogP contribution in [0.3, 0.4) is 0 Å². The second-order valence-electron chi connectivity index (χ2n) is 8.41. The van der Waals surface area contributed by atoms with E-state index in [-0.39, 0.29) is 24.2 Å². The zero-order valence-electron chi connectivity index (χ0n) is 18.4. The Hall–Kier alpha value is -3.13. The molecule has 0 fully saturated rings. The molecule has 4 rings (SSSR count). The molecule has 2 atom stereocenters. The van der Waals surface area contributed by atoms with Crippen molar-refractivity contribution in [1.29, 1.82) is 0 Å². The molecule has 180 valence electrons. The lowest BCUT2D eigenvalue weighted by Crippen LogP contribution is -2.38. The summed E-state index contributed by atoms with van der Waals surface area (Å²) in [7, 11) is 0. The first-order valence-corrected chi connectivity index (χ1v) is 10.9. The maximum atomic E-state index is 13.9. The van der Waals surface area contributed by atoms with Crippen LogP contribution in [0.1, 0.15) is 30.5 Å². The van der Waals surface area contributed by atoms with Gasteiger partial charge in [0.25, 0.3) is 0 Å². The van der Waals surface area contributed by atoms with Crippen molar-refractivity contribution in [2.45, 2.75) is 44.4 Å². The molecular formula is C26H24F5NO2. The minimum atomic E-state index is -4.60. The third kappa shape index (κ3) is 5.01. The van der Waals surface area contributed by atoms with E-state index in [9.17, 15) is 27.1 Å². The molecule has 1 aliphatic rings. The maximum absolute atomic E-state index is 13.9. The molecule has 0 aliphatic carbocycles. The van der Waals surface area contributed by atoms with E-state index in [1.54, 1.807) is 19.1 Å². The molecule has 0 radical (unpaired) electrons. The summed E-state index contributed by atoms with van der Waals surface area (Å²) in [5.41, 5.74) is 4.03. The van der Waals surface area contributed by atoms with Crippen LogP contribution in [-0.4, -0.2) is 30.3 Å². The highest BCUT2D eigenvalue weighted by Crippen LogP contribution is 2.43. The number of alkyl halides is 4. The lowest BCUT2D eigenvalue weighted by Gasteiger charge is -2.41. The van der Waals surface area contributed by atoms with Crippen molar-refractivity contribution in [3.8, 4) is 16.9 Å². The van der Waals surface area contributed by atoms with Gasteiger partial charge in [-0.05, 0) is 72.4 Å². The first-order valence-electron chi connectivity index (χ1n) is 10.9. The molecule has 3 nitrogen and oxygen atoms in total. The highest BCUT2D eigenvalue weighted by Gasteiger charge is 2.44. The molecule has 34 heavy (non-hydrogen) atoms. The SMILES string of the molecule is CC(O)CN1c2cccc(-c3cccc(F)c3)c2CCC1c1cccc(OC(F)(F)C(F)F)c1. The summed E-state index contributed by atoms with van der Waals surface area (Å²) < 4.78 is 70.2. The van der Waals surface area contributed by atoms with Crippen LogP contribution < -0.4 is 9.64 Å².